The lowest BCUT2D eigenvalue weighted by molar-refractivity contribution is 1.27. The van der Waals surface area contributed by atoms with Crippen LogP contribution < -0.4 is 29.4 Å². The molecule has 0 saturated carbocycles. The van der Waals surface area contributed by atoms with E-state index in [9.17, 15) is 0 Å². The fourth-order valence-electron chi connectivity index (χ4n) is 15.4. The molecule has 0 radical (unpaired) electrons. The van der Waals surface area contributed by atoms with Crippen LogP contribution in [0.25, 0.3) is 44.5 Å². The third-order valence-corrected chi connectivity index (χ3v) is 22.2. The molecule has 10 heteroatoms. The topological polar surface area (TPSA) is 19.4 Å². The lowest BCUT2D eigenvalue weighted by Crippen LogP contribution is -2.10. The molecule has 580 valence electrons. The van der Waals surface area contributed by atoms with Gasteiger partial charge in [0.05, 0.1) is 0 Å². The summed E-state index contributed by atoms with van der Waals surface area (Å²) in [6.45, 7) is 4.27. The maximum atomic E-state index is 6.44. The largest absolute Gasteiger partial charge is 0.311 e. The predicted molar refractivity (Wildman–Crippen MR) is 512 cm³/mol. The quantitative estimate of drug-likeness (QED) is 0.0669. The molecule has 0 aliphatic rings. The Labute approximate surface area is 723 Å². The van der Waals surface area contributed by atoms with Gasteiger partial charge in [0.1, 0.15) is 0 Å². The molecule has 18 rings (SSSR count). The van der Waals surface area contributed by atoms with Crippen LogP contribution >= 0.6 is 46.4 Å². The van der Waals surface area contributed by atoms with E-state index in [0.29, 0.717) is 20.1 Å². The number of para-hydroxylation sites is 4. The normalized spacial score (nSPS) is 10.9. The molecule has 0 N–H and O–H groups in total. The van der Waals surface area contributed by atoms with E-state index in [0.717, 1.165) is 147 Å². The molecular formula is C110H82Cl4N6. The van der Waals surface area contributed by atoms with Crippen LogP contribution in [0.1, 0.15) is 11.1 Å². The van der Waals surface area contributed by atoms with Gasteiger partial charge in [-0.2, -0.15) is 0 Å². The van der Waals surface area contributed by atoms with Crippen molar-refractivity contribution in [2.75, 3.05) is 29.4 Å². The van der Waals surface area contributed by atoms with Crippen LogP contribution in [0.2, 0.25) is 20.1 Å². The highest BCUT2D eigenvalue weighted by Crippen LogP contribution is 2.45. The van der Waals surface area contributed by atoms with Gasteiger partial charge >= 0.3 is 0 Å². The van der Waals surface area contributed by atoms with E-state index >= 15 is 0 Å². The zero-order chi connectivity index (χ0) is 81.7. The van der Waals surface area contributed by atoms with Crippen LogP contribution in [0.15, 0.2) is 461 Å². The van der Waals surface area contributed by atoms with E-state index in [1.54, 1.807) is 0 Å². The third-order valence-electron chi connectivity index (χ3n) is 21.2. The van der Waals surface area contributed by atoms with Crippen molar-refractivity contribution in [3.63, 3.8) is 0 Å². The highest BCUT2D eigenvalue weighted by atomic mass is 35.5. The molecular weight excluding hydrogens is 1550 g/mol. The lowest BCUT2D eigenvalue weighted by atomic mass is 10.0. The van der Waals surface area contributed by atoms with Gasteiger partial charge in [-0.3, -0.25) is 0 Å². The number of anilines is 18. The first-order valence-corrected chi connectivity index (χ1v) is 41.4. The van der Waals surface area contributed by atoms with Crippen molar-refractivity contribution in [3.05, 3.63) is 492 Å². The van der Waals surface area contributed by atoms with E-state index < -0.39 is 0 Å². The molecule has 0 aliphatic carbocycles. The van der Waals surface area contributed by atoms with Crippen molar-refractivity contribution in [2.24, 2.45) is 0 Å². The molecule has 0 heterocycles. The lowest BCUT2D eigenvalue weighted by Gasteiger charge is -2.27. The Kier molecular flexibility index (Phi) is 23.9. The standard InChI is InChI=1S/2C55H41Cl2N3/c1-40-11-8-18-53(37-40)60(51-33-25-43(26-34-51)41-21-29-49(30-22-41)58(47-14-4-2-5-15-47)54-19-9-12-45(56)38-54)52-35-27-44(28-36-52)42-23-31-50(32-24-42)59(48-16-6-3-7-17-48)55-20-10-13-46(57)39-55;1-40-9-8-14-55(39-40)60(51-31-19-43(20-32-51)41-15-27-49(28-16-41)58(47-10-4-2-5-11-47)53-35-23-45(56)24-36-53)52-33-21-44(22-34-52)42-17-29-50(30-18-42)59(48-12-6-3-7-13-48)54-37-25-46(57)26-38-54/h2*2-39H,1H3. The van der Waals surface area contributed by atoms with Gasteiger partial charge in [-0.25, -0.2) is 0 Å². The van der Waals surface area contributed by atoms with Crippen LogP contribution in [-0.2, 0) is 0 Å². The Balaban J connectivity index is 0.000000171. The minimum Gasteiger partial charge on any atom is -0.311 e. The molecule has 0 amide bonds. The summed E-state index contributed by atoms with van der Waals surface area (Å²) in [4.78, 5) is 13.6. The van der Waals surface area contributed by atoms with Gasteiger partial charge < -0.3 is 29.4 Å². The van der Waals surface area contributed by atoms with Crippen LogP contribution in [0, 0.1) is 13.8 Å². The molecule has 0 unspecified atom stereocenters. The summed E-state index contributed by atoms with van der Waals surface area (Å²) >= 11 is 25.4. The van der Waals surface area contributed by atoms with Crippen molar-refractivity contribution in [1.29, 1.82) is 0 Å². The van der Waals surface area contributed by atoms with Crippen molar-refractivity contribution < 1.29 is 0 Å². The van der Waals surface area contributed by atoms with E-state index in [2.05, 4.69) is 419 Å². The van der Waals surface area contributed by atoms with Crippen molar-refractivity contribution in [1.82, 2.24) is 0 Å². The Hall–Kier alpha value is -14.1. The second kappa shape index (κ2) is 36.6. The number of rotatable bonds is 22. The first kappa shape index (κ1) is 78.4. The van der Waals surface area contributed by atoms with Crippen LogP contribution in [0.3, 0.4) is 0 Å². The summed E-state index contributed by atoms with van der Waals surface area (Å²) < 4.78 is 0. The smallest absolute Gasteiger partial charge is 0.0476 e. The molecule has 18 aromatic carbocycles. The van der Waals surface area contributed by atoms with Gasteiger partial charge in [0, 0.05) is 122 Å². The molecule has 0 atom stereocenters. The van der Waals surface area contributed by atoms with E-state index in [-0.39, 0.29) is 0 Å². The molecule has 0 fully saturated rings. The fourth-order valence-corrected chi connectivity index (χ4v) is 16.0. The van der Waals surface area contributed by atoms with Gasteiger partial charge in [-0.05, 0) is 324 Å². The number of benzene rings is 18. The van der Waals surface area contributed by atoms with Gasteiger partial charge in [-0.1, -0.05) is 253 Å². The second-order valence-electron chi connectivity index (χ2n) is 29.3. The van der Waals surface area contributed by atoms with Crippen LogP contribution in [0.5, 0.6) is 0 Å². The number of halogens is 4. The summed E-state index contributed by atoms with van der Waals surface area (Å²) in [5.41, 5.74) is 30.8. The van der Waals surface area contributed by atoms with Crippen LogP contribution in [-0.4, -0.2) is 0 Å². The van der Waals surface area contributed by atoms with E-state index in [1.807, 2.05) is 84.9 Å². The number of hydrogen-bond acceptors (Lipinski definition) is 6. The Bertz CT molecular complexity index is 6060. The average molecular weight is 1630 g/mol. The van der Waals surface area contributed by atoms with Crippen molar-refractivity contribution in [3.8, 4) is 44.5 Å². The SMILES string of the molecule is Cc1cccc(N(c2ccc(-c3ccc(N(c4ccccc4)c4ccc(Cl)cc4)cc3)cc2)c2ccc(-c3ccc(N(c4ccccc4)c4ccc(Cl)cc4)cc3)cc2)c1.Cc1cccc(N(c2ccc(-c3ccc(N(c4ccccc4)c4cccc(Cl)c4)cc3)cc2)c2ccc(-c3ccc(N(c4ccccc4)c4cccc(Cl)c4)cc3)cc2)c1. The minimum absolute atomic E-state index is 0.702. The van der Waals surface area contributed by atoms with Crippen LogP contribution in [0.4, 0.5) is 102 Å². The van der Waals surface area contributed by atoms with Crippen molar-refractivity contribution >= 4 is 149 Å². The molecule has 6 nitrogen and oxygen atoms in total. The van der Waals surface area contributed by atoms with Gasteiger partial charge in [0.15, 0.2) is 0 Å². The third kappa shape index (κ3) is 18.2. The highest BCUT2D eigenvalue weighted by Gasteiger charge is 2.21. The Morgan fingerprint density at radius 3 is 0.458 bits per heavy atom. The second-order valence-corrected chi connectivity index (χ2v) is 31.1. The minimum atomic E-state index is 0.702. The first-order chi connectivity index (χ1) is 58.9. The molecule has 0 aliphatic heterocycles. The monoisotopic (exact) mass is 1630 g/mol. The predicted octanol–water partition coefficient (Wildman–Crippen LogP) is 34.1. The fraction of sp³-hybridized carbons (Fsp3) is 0.0182. The Morgan fingerprint density at radius 1 is 0.125 bits per heavy atom. The van der Waals surface area contributed by atoms with Gasteiger partial charge in [0.2, 0.25) is 0 Å². The van der Waals surface area contributed by atoms with Gasteiger partial charge in [0.25, 0.3) is 0 Å². The van der Waals surface area contributed by atoms with E-state index in [1.165, 1.54) is 11.1 Å². The summed E-state index contributed by atoms with van der Waals surface area (Å²) in [6, 6.07) is 161. The number of aryl methyl sites for hydroxylation is 2. The maximum Gasteiger partial charge on any atom is 0.0476 e. The zero-order valence-electron chi connectivity index (χ0n) is 66.1. The summed E-state index contributed by atoms with van der Waals surface area (Å²) in [5, 5.41) is 2.83. The van der Waals surface area contributed by atoms with Crippen molar-refractivity contribution in [2.45, 2.75) is 13.8 Å². The molecule has 0 bridgehead atoms. The molecule has 0 saturated heterocycles. The summed E-state index contributed by atoms with van der Waals surface area (Å²) in [5.74, 6) is 0. The number of nitrogens with zero attached hydrogens (tertiary/aromatic N) is 6. The molecule has 0 spiro atoms. The zero-order valence-corrected chi connectivity index (χ0v) is 69.1. The maximum absolute atomic E-state index is 6.44. The molecule has 18 aromatic rings. The summed E-state index contributed by atoms with van der Waals surface area (Å²) in [7, 11) is 0. The first-order valence-electron chi connectivity index (χ1n) is 39.9. The van der Waals surface area contributed by atoms with Gasteiger partial charge in [-0.15, -0.1) is 0 Å². The average Bonchev–Trinajstić information content (AvgIpc) is 0.795. The highest BCUT2D eigenvalue weighted by molar-refractivity contribution is 6.31. The number of hydrogen-bond donors (Lipinski definition) is 0. The molecule has 120 heavy (non-hydrogen) atoms. The summed E-state index contributed by atoms with van der Waals surface area (Å²) in [6.07, 6.45) is 0. The Morgan fingerprint density at radius 2 is 0.275 bits per heavy atom. The molecule has 0 aromatic heterocycles. The van der Waals surface area contributed by atoms with E-state index in [4.69, 9.17) is 46.4 Å².